The van der Waals surface area contributed by atoms with Crippen LogP contribution in [-0.2, 0) is 0 Å². The minimum Gasteiger partial charge on any atom is -0.478 e. The zero-order valence-electron chi connectivity index (χ0n) is 14.5. The van der Waals surface area contributed by atoms with Crippen LogP contribution in [0.4, 0.5) is 0 Å². The summed E-state index contributed by atoms with van der Waals surface area (Å²) >= 11 is 0. The number of imidazole rings is 1. The summed E-state index contributed by atoms with van der Waals surface area (Å²) in [5.41, 5.74) is 3.76. The molecule has 0 unspecified atom stereocenters. The second kappa shape index (κ2) is 6.76. The number of methoxy groups -OCH3 is 1. The fourth-order valence-electron chi connectivity index (χ4n) is 2.76. The largest absolute Gasteiger partial charge is 0.478 e. The number of aryl methyl sites for hydroxylation is 1. The third-order valence-corrected chi connectivity index (χ3v) is 4.01. The Balaban J connectivity index is 1.74. The number of benzene rings is 1. The summed E-state index contributed by atoms with van der Waals surface area (Å²) in [7, 11) is 1.59. The highest BCUT2D eigenvalue weighted by Crippen LogP contribution is 2.27. The van der Waals surface area contributed by atoms with E-state index in [9.17, 15) is 0 Å². The van der Waals surface area contributed by atoms with E-state index < -0.39 is 0 Å². The molecule has 6 nitrogen and oxygen atoms in total. The number of aromatic nitrogens is 5. The van der Waals surface area contributed by atoms with Crippen LogP contribution in [0.2, 0.25) is 0 Å². The number of pyridine rings is 1. The van der Waals surface area contributed by atoms with E-state index in [1.54, 1.807) is 25.7 Å². The van der Waals surface area contributed by atoms with Gasteiger partial charge in [-0.2, -0.15) is 0 Å². The van der Waals surface area contributed by atoms with Crippen LogP contribution in [0.15, 0.2) is 67.3 Å². The van der Waals surface area contributed by atoms with Gasteiger partial charge >= 0.3 is 0 Å². The van der Waals surface area contributed by atoms with Crippen LogP contribution in [0.5, 0.6) is 5.88 Å². The molecule has 0 aliphatic heterocycles. The van der Waals surface area contributed by atoms with Gasteiger partial charge in [0.1, 0.15) is 5.82 Å². The molecule has 3 aromatic heterocycles. The zero-order valence-corrected chi connectivity index (χ0v) is 14.5. The summed E-state index contributed by atoms with van der Waals surface area (Å²) in [6.07, 6.45) is 7.09. The maximum Gasteiger partial charge on any atom is 0.258 e. The molecule has 0 spiro atoms. The molecule has 26 heavy (non-hydrogen) atoms. The third-order valence-electron chi connectivity index (χ3n) is 4.01. The smallest absolute Gasteiger partial charge is 0.258 e. The molecule has 6 heteroatoms. The van der Waals surface area contributed by atoms with Crippen molar-refractivity contribution in [2.75, 3.05) is 7.11 Å². The average molecular weight is 343 g/mol. The predicted octanol–water partition coefficient (Wildman–Crippen LogP) is 3.71. The van der Waals surface area contributed by atoms with Crippen LogP contribution in [0.3, 0.4) is 0 Å². The normalized spacial score (nSPS) is 10.7. The number of ether oxygens (including phenoxy) is 1. The highest BCUT2D eigenvalue weighted by Gasteiger charge is 2.14. The van der Waals surface area contributed by atoms with Crippen LogP contribution in [0, 0.1) is 6.92 Å². The lowest BCUT2D eigenvalue weighted by Crippen LogP contribution is -2.04. The number of hydrogen-bond donors (Lipinski definition) is 0. The first-order valence-corrected chi connectivity index (χ1v) is 8.19. The van der Waals surface area contributed by atoms with Crippen LogP contribution >= 0.6 is 0 Å². The Labute approximate surface area is 151 Å². The fraction of sp³-hybridized carbons (Fsp3) is 0.100. The summed E-state index contributed by atoms with van der Waals surface area (Å²) in [6.45, 7) is 1.88. The molecule has 0 amide bonds. The van der Waals surface area contributed by atoms with Gasteiger partial charge in [-0.3, -0.25) is 9.55 Å². The predicted molar refractivity (Wildman–Crippen MR) is 99.1 cm³/mol. The maximum absolute atomic E-state index is 5.39. The van der Waals surface area contributed by atoms with Gasteiger partial charge in [0.05, 0.1) is 24.7 Å². The number of hydrogen-bond acceptors (Lipinski definition) is 5. The molecule has 0 aliphatic rings. The molecule has 0 fully saturated rings. The van der Waals surface area contributed by atoms with Crippen molar-refractivity contribution in [3.8, 4) is 34.3 Å². The number of nitrogens with zero attached hydrogens (tertiary/aromatic N) is 5. The Bertz CT molecular complexity index is 1030. The van der Waals surface area contributed by atoms with Crippen LogP contribution in [0.25, 0.3) is 28.5 Å². The molecule has 0 aliphatic carbocycles. The van der Waals surface area contributed by atoms with Gasteiger partial charge < -0.3 is 4.74 Å². The minimum absolute atomic E-state index is 0.467. The van der Waals surface area contributed by atoms with Crippen LogP contribution < -0.4 is 4.74 Å². The Hall–Kier alpha value is -3.54. The van der Waals surface area contributed by atoms with E-state index >= 15 is 0 Å². The van der Waals surface area contributed by atoms with E-state index in [0.717, 1.165) is 28.3 Å². The summed E-state index contributed by atoms with van der Waals surface area (Å²) in [5.74, 6) is 1.85. The van der Waals surface area contributed by atoms with Gasteiger partial charge in [-0.05, 0) is 19.1 Å². The molecule has 4 rings (SSSR count). The third kappa shape index (κ3) is 2.93. The van der Waals surface area contributed by atoms with Crippen molar-refractivity contribution in [1.82, 2.24) is 24.5 Å². The quantitative estimate of drug-likeness (QED) is 0.565. The molecule has 1 aromatic carbocycles. The maximum atomic E-state index is 5.39. The monoisotopic (exact) mass is 343 g/mol. The van der Waals surface area contributed by atoms with E-state index in [2.05, 4.69) is 19.9 Å². The fourth-order valence-corrected chi connectivity index (χ4v) is 2.76. The van der Waals surface area contributed by atoms with Crippen molar-refractivity contribution in [2.24, 2.45) is 0 Å². The highest BCUT2D eigenvalue weighted by atomic mass is 16.5. The van der Waals surface area contributed by atoms with Gasteiger partial charge in [-0.1, -0.05) is 30.3 Å². The van der Waals surface area contributed by atoms with Crippen LogP contribution in [-0.4, -0.2) is 31.6 Å². The van der Waals surface area contributed by atoms with E-state index in [-0.39, 0.29) is 0 Å². The van der Waals surface area contributed by atoms with Crippen molar-refractivity contribution >= 4 is 0 Å². The van der Waals surface area contributed by atoms with Gasteiger partial charge in [0.2, 0.25) is 5.82 Å². The molecule has 0 saturated carbocycles. The molecule has 0 radical (unpaired) electrons. The van der Waals surface area contributed by atoms with Gasteiger partial charge in [0.15, 0.2) is 0 Å². The van der Waals surface area contributed by atoms with E-state index in [1.165, 1.54) is 0 Å². The first kappa shape index (κ1) is 16.0. The topological polar surface area (TPSA) is 65.7 Å². The lowest BCUT2D eigenvalue weighted by atomic mass is 10.1. The molecule has 3 heterocycles. The van der Waals surface area contributed by atoms with Crippen molar-refractivity contribution in [3.05, 3.63) is 72.9 Å². The minimum atomic E-state index is 0.467. The zero-order chi connectivity index (χ0) is 17.9. The van der Waals surface area contributed by atoms with E-state index in [1.807, 2.05) is 60.2 Å². The summed E-state index contributed by atoms with van der Waals surface area (Å²) in [4.78, 5) is 17.7. The Morgan fingerprint density at radius 1 is 0.885 bits per heavy atom. The standard InChI is InChI=1S/C20H17N5O/c1-14-13-23-19(20(24-14)26-2)25-12-11-22-18(25)16-8-6-15(7-9-16)17-5-3-4-10-21-17/h3-13H,1-2H3. The van der Waals surface area contributed by atoms with Crippen LogP contribution in [0.1, 0.15) is 5.69 Å². The van der Waals surface area contributed by atoms with Crippen molar-refractivity contribution < 1.29 is 4.74 Å². The lowest BCUT2D eigenvalue weighted by molar-refractivity contribution is 0.392. The van der Waals surface area contributed by atoms with Gasteiger partial charge in [-0.25, -0.2) is 15.0 Å². The number of rotatable bonds is 4. The molecule has 0 saturated heterocycles. The first-order valence-electron chi connectivity index (χ1n) is 8.19. The molecule has 0 N–H and O–H groups in total. The summed E-state index contributed by atoms with van der Waals surface area (Å²) < 4.78 is 7.26. The summed E-state index contributed by atoms with van der Waals surface area (Å²) in [6, 6.07) is 14.0. The first-order chi connectivity index (χ1) is 12.8. The van der Waals surface area contributed by atoms with E-state index in [0.29, 0.717) is 11.7 Å². The molecule has 128 valence electrons. The molecular weight excluding hydrogens is 326 g/mol. The van der Waals surface area contributed by atoms with Gasteiger partial charge in [0.25, 0.3) is 5.88 Å². The summed E-state index contributed by atoms with van der Waals surface area (Å²) in [5, 5.41) is 0. The van der Waals surface area contributed by atoms with E-state index in [4.69, 9.17) is 4.74 Å². The highest BCUT2D eigenvalue weighted by molar-refractivity contribution is 5.66. The average Bonchev–Trinajstić information content (AvgIpc) is 3.18. The van der Waals surface area contributed by atoms with Crippen molar-refractivity contribution in [3.63, 3.8) is 0 Å². The Kier molecular flexibility index (Phi) is 4.15. The SMILES string of the molecule is COc1nc(C)cnc1-n1ccnc1-c1ccc(-c2ccccn2)cc1. The second-order valence-electron chi connectivity index (χ2n) is 5.76. The Morgan fingerprint density at radius 2 is 1.69 bits per heavy atom. The van der Waals surface area contributed by atoms with Crippen molar-refractivity contribution in [2.45, 2.75) is 6.92 Å². The lowest BCUT2D eigenvalue weighted by Gasteiger charge is -2.11. The Morgan fingerprint density at radius 3 is 2.42 bits per heavy atom. The van der Waals surface area contributed by atoms with Crippen molar-refractivity contribution in [1.29, 1.82) is 0 Å². The molecule has 4 aromatic rings. The second-order valence-corrected chi connectivity index (χ2v) is 5.76. The van der Waals surface area contributed by atoms with Gasteiger partial charge in [0, 0.05) is 29.7 Å². The van der Waals surface area contributed by atoms with Gasteiger partial charge in [-0.15, -0.1) is 0 Å². The molecule has 0 atom stereocenters. The molecule has 0 bridgehead atoms. The molecular formula is C20H17N5O.